The average molecular weight is 265 g/mol. The van der Waals surface area contributed by atoms with Crippen molar-refractivity contribution in [3.8, 4) is 0 Å². The summed E-state index contributed by atoms with van der Waals surface area (Å²) < 4.78 is 13.0. The zero-order valence-electron chi connectivity index (χ0n) is 10.2. The summed E-state index contributed by atoms with van der Waals surface area (Å²) >= 11 is 1.67. The van der Waals surface area contributed by atoms with Crippen LogP contribution in [0.1, 0.15) is 22.8 Å². The number of aliphatic hydroxyl groups is 1. The van der Waals surface area contributed by atoms with E-state index in [2.05, 4.69) is 23.0 Å². The van der Waals surface area contributed by atoms with Crippen LogP contribution in [0.25, 0.3) is 0 Å². The summed E-state index contributed by atoms with van der Waals surface area (Å²) in [4.78, 5) is 0. The molecule has 2 nitrogen and oxygen atoms in total. The van der Waals surface area contributed by atoms with Gasteiger partial charge in [-0.05, 0) is 46.5 Å². The molecule has 2 aromatic rings. The van der Waals surface area contributed by atoms with E-state index in [0.717, 1.165) is 6.54 Å². The van der Waals surface area contributed by atoms with E-state index in [1.807, 2.05) is 0 Å². The lowest BCUT2D eigenvalue weighted by Crippen LogP contribution is -2.21. The first-order chi connectivity index (χ1) is 8.66. The van der Waals surface area contributed by atoms with Crippen molar-refractivity contribution < 1.29 is 9.50 Å². The van der Waals surface area contributed by atoms with E-state index < -0.39 is 6.10 Å². The molecule has 0 aliphatic heterocycles. The number of benzene rings is 1. The maximum absolute atomic E-state index is 13.0. The van der Waals surface area contributed by atoms with Crippen molar-refractivity contribution in [2.75, 3.05) is 6.54 Å². The Morgan fingerprint density at radius 2 is 2.22 bits per heavy atom. The van der Waals surface area contributed by atoms with Crippen LogP contribution >= 0.6 is 11.3 Å². The highest BCUT2D eigenvalue weighted by molar-refractivity contribution is 7.08. The smallest absolute Gasteiger partial charge is 0.123 e. The highest BCUT2D eigenvalue weighted by Gasteiger charge is 2.08. The third-order valence-electron chi connectivity index (χ3n) is 2.85. The molecule has 96 valence electrons. The summed E-state index contributed by atoms with van der Waals surface area (Å²) in [5.41, 5.74) is 3.10. The van der Waals surface area contributed by atoms with Crippen LogP contribution in [-0.2, 0) is 6.54 Å². The highest BCUT2D eigenvalue weighted by Crippen LogP contribution is 2.15. The van der Waals surface area contributed by atoms with Crippen LogP contribution in [0.2, 0.25) is 0 Å². The number of nitrogens with one attached hydrogen (secondary N) is 1. The summed E-state index contributed by atoms with van der Waals surface area (Å²) in [6.45, 7) is 3.21. The van der Waals surface area contributed by atoms with Gasteiger partial charge in [0.2, 0.25) is 0 Å². The number of aliphatic hydroxyl groups excluding tert-OH is 1. The Kier molecular flexibility index (Phi) is 4.47. The lowest BCUT2D eigenvalue weighted by molar-refractivity contribution is 0.174. The van der Waals surface area contributed by atoms with Gasteiger partial charge in [-0.25, -0.2) is 4.39 Å². The zero-order valence-corrected chi connectivity index (χ0v) is 11.0. The van der Waals surface area contributed by atoms with Gasteiger partial charge < -0.3 is 10.4 Å². The zero-order chi connectivity index (χ0) is 13.0. The second-order valence-electron chi connectivity index (χ2n) is 4.28. The predicted octanol–water partition coefficient (Wildman–Crippen LogP) is 3.02. The molecule has 0 radical (unpaired) electrons. The monoisotopic (exact) mass is 265 g/mol. The molecule has 1 unspecified atom stereocenters. The van der Waals surface area contributed by atoms with Gasteiger partial charge in [0.05, 0.1) is 6.10 Å². The topological polar surface area (TPSA) is 32.3 Å². The van der Waals surface area contributed by atoms with Crippen LogP contribution in [0, 0.1) is 12.7 Å². The van der Waals surface area contributed by atoms with E-state index in [1.165, 1.54) is 23.3 Å². The summed E-state index contributed by atoms with van der Waals surface area (Å²) in [5.74, 6) is -0.319. The maximum Gasteiger partial charge on any atom is 0.123 e. The number of aryl methyl sites for hydroxylation is 1. The van der Waals surface area contributed by atoms with Crippen LogP contribution in [0.3, 0.4) is 0 Å². The number of thiophene rings is 1. The van der Waals surface area contributed by atoms with Crippen molar-refractivity contribution in [3.63, 3.8) is 0 Å². The van der Waals surface area contributed by atoms with Gasteiger partial charge in [0.25, 0.3) is 0 Å². The molecule has 0 bridgehead atoms. The molecular formula is C14H16FNOS. The summed E-state index contributed by atoms with van der Waals surface area (Å²) in [6.07, 6.45) is -0.681. The van der Waals surface area contributed by atoms with Crippen molar-refractivity contribution in [1.82, 2.24) is 5.32 Å². The Balaban J connectivity index is 1.85. The first kappa shape index (κ1) is 13.2. The third-order valence-corrected chi connectivity index (χ3v) is 3.76. The van der Waals surface area contributed by atoms with Gasteiger partial charge in [0.15, 0.2) is 0 Å². The minimum atomic E-state index is -0.681. The Morgan fingerprint density at radius 1 is 1.39 bits per heavy atom. The molecule has 0 aliphatic carbocycles. The fourth-order valence-electron chi connectivity index (χ4n) is 1.74. The summed E-state index contributed by atoms with van der Waals surface area (Å²) in [5, 5.41) is 17.3. The molecule has 1 atom stereocenters. The number of hydrogen-bond acceptors (Lipinski definition) is 3. The van der Waals surface area contributed by atoms with Crippen LogP contribution in [0.15, 0.2) is 35.0 Å². The molecule has 0 aliphatic rings. The molecule has 0 saturated heterocycles. The maximum atomic E-state index is 13.0. The molecule has 0 fully saturated rings. The van der Waals surface area contributed by atoms with Crippen LogP contribution in [0.5, 0.6) is 0 Å². The summed E-state index contributed by atoms with van der Waals surface area (Å²) in [6, 6.07) is 6.07. The van der Waals surface area contributed by atoms with Crippen molar-refractivity contribution in [2.24, 2.45) is 0 Å². The Bertz CT molecular complexity index is 512. The molecule has 1 aromatic carbocycles. The standard InChI is InChI=1S/C14H16FNOS/c1-10-8-18-9-12(10)6-16-7-14(17)11-3-2-4-13(15)5-11/h2-5,8-9,14,16-17H,6-7H2,1H3. The van der Waals surface area contributed by atoms with Gasteiger partial charge in [0, 0.05) is 13.1 Å². The minimum absolute atomic E-state index is 0.319. The second kappa shape index (κ2) is 6.09. The fourth-order valence-corrected chi connectivity index (χ4v) is 2.60. The molecule has 1 aromatic heterocycles. The number of halogens is 1. The molecule has 0 saturated carbocycles. The van der Waals surface area contributed by atoms with Crippen LogP contribution in [0.4, 0.5) is 4.39 Å². The molecular weight excluding hydrogens is 249 g/mol. The van der Waals surface area contributed by atoms with E-state index in [-0.39, 0.29) is 5.82 Å². The molecule has 18 heavy (non-hydrogen) atoms. The number of hydrogen-bond donors (Lipinski definition) is 2. The van der Waals surface area contributed by atoms with Crippen molar-refractivity contribution in [1.29, 1.82) is 0 Å². The van der Waals surface area contributed by atoms with Crippen molar-refractivity contribution >= 4 is 11.3 Å². The third kappa shape index (κ3) is 3.38. The Hall–Kier alpha value is -1.23. The van der Waals surface area contributed by atoms with Gasteiger partial charge in [-0.1, -0.05) is 12.1 Å². The van der Waals surface area contributed by atoms with Gasteiger partial charge >= 0.3 is 0 Å². The van der Waals surface area contributed by atoms with Gasteiger partial charge in [-0.2, -0.15) is 11.3 Å². The average Bonchev–Trinajstić information content (AvgIpc) is 2.75. The van der Waals surface area contributed by atoms with E-state index in [4.69, 9.17) is 0 Å². The molecule has 2 N–H and O–H groups in total. The molecule has 0 amide bonds. The lowest BCUT2D eigenvalue weighted by Gasteiger charge is -2.12. The highest BCUT2D eigenvalue weighted by atomic mass is 32.1. The van der Waals surface area contributed by atoms with E-state index in [1.54, 1.807) is 23.5 Å². The van der Waals surface area contributed by atoms with E-state index >= 15 is 0 Å². The van der Waals surface area contributed by atoms with E-state index in [9.17, 15) is 9.50 Å². The molecule has 4 heteroatoms. The Morgan fingerprint density at radius 3 is 2.89 bits per heavy atom. The normalized spacial score (nSPS) is 12.6. The first-order valence-electron chi connectivity index (χ1n) is 5.82. The number of rotatable bonds is 5. The summed E-state index contributed by atoms with van der Waals surface area (Å²) in [7, 11) is 0. The molecule has 2 rings (SSSR count). The quantitative estimate of drug-likeness (QED) is 0.871. The predicted molar refractivity (Wildman–Crippen MR) is 72.1 cm³/mol. The van der Waals surface area contributed by atoms with Gasteiger partial charge in [-0.3, -0.25) is 0 Å². The van der Waals surface area contributed by atoms with E-state index in [0.29, 0.717) is 12.1 Å². The largest absolute Gasteiger partial charge is 0.387 e. The Labute approximate surface area is 110 Å². The minimum Gasteiger partial charge on any atom is -0.387 e. The molecule has 0 spiro atoms. The van der Waals surface area contributed by atoms with Crippen LogP contribution in [-0.4, -0.2) is 11.7 Å². The van der Waals surface area contributed by atoms with Gasteiger partial charge in [-0.15, -0.1) is 0 Å². The van der Waals surface area contributed by atoms with Gasteiger partial charge in [0.1, 0.15) is 5.82 Å². The fraction of sp³-hybridized carbons (Fsp3) is 0.286. The SMILES string of the molecule is Cc1cscc1CNCC(O)c1cccc(F)c1. The van der Waals surface area contributed by atoms with Crippen molar-refractivity contribution in [2.45, 2.75) is 19.6 Å². The second-order valence-corrected chi connectivity index (χ2v) is 5.03. The molecule has 1 heterocycles. The first-order valence-corrected chi connectivity index (χ1v) is 6.77. The lowest BCUT2D eigenvalue weighted by atomic mass is 10.1. The van der Waals surface area contributed by atoms with Crippen molar-refractivity contribution in [3.05, 3.63) is 57.5 Å². The van der Waals surface area contributed by atoms with Crippen LogP contribution < -0.4 is 5.32 Å².